The molecule has 0 aliphatic carbocycles. The molecule has 1 aromatic rings. The Morgan fingerprint density at radius 2 is 2.17 bits per heavy atom. The van der Waals surface area contributed by atoms with Gasteiger partial charge in [0.15, 0.2) is 5.96 Å². The Morgan fingerprint density at radius 1 is 1.43 bits per heavy atom. The Morgan fingerprint density at radius 3 is 2.74 bits per heavy atom. The van der Waals surface area contributed by atoms with Crippen LogP contribution in [0.2, 0.25) is 0 Å². The first-order valence-electron chi connectivity index (χ1n) is 7.61. The average Bonchev–Trinajstić information content (AvgIpc) is 2.96. The number of carbonyl (C=O) groups is 1. The van der Waals surface area contributed by atoms with Crippen LogP contribution < -0.4 is 10.6 Å². The van der Waals surface area contributed by atoms with Crippen molar-refractivity contribution in [3.8, 4) is 0 Å². The predicted molar refractivity (Wildman–Crippen MR) is 106 cm³/mol. The molecule has 0 amide bonds. The van der Waals surface area contributed by atoms with E-state index in [1.54, 1.807) is 18.4 Å². The number of nitrogens with one attached hydrogen (secondary N) is 2. The minimum atomic E-state index is -0.156. The maximum absolute atomic E-state index is 11.2. The second kappa shape index (κ2) is 12.5. The molecule has 23 heavy (non-hydrogen) atoms. The average molecular weight is 454 g/mol. The molecule has 0 aromatic carbocycles. The van der Waals surface area contributed by atoms with Gasteiger partial charge < -0.3 is 15.4 Å². The third-order valence-electron chi connectivity index (χ3n) is 2.95. The van der Waals surface area contributed by atoms with Crippen LogP contribution in [0.1, 0.15) is 50.2 Å². The van der Waals surface area contributed by atoms with Crippen molar-refractivity contribution in [2.24, 2.45) is 4.99 Å². The molecule has 0 saturated heterocycles. The number of halogens is 1. The van der Waals surface area contributed by atoms with E-state index in [0.29, 0.717) is 44.4 Å². The lowest BCUT2D eigenvalue weighted by molar-refractivity contribution is -0.143. The Hall–Kier alpha value is -0.900. The van der Waals surface area contributed by atoms with E-state index >= 15 is 0 Å². The number of aromatic nitrogens is 1. The lowest BCUT2D eigenvalue weighted by Crippen LogP contribution is -2.37. The molecule has 0 bridgehead atoms. The fourth-order valence-electron chi connectivity index (χ4n) is 1.72. The molecule has 0 aliphatic rings. The third kappa shape index (κ3) is 9.09. The summed E-state index contributed by atoms with van der Waals surface area (Å²) in [7, 11) is 1.72. The second-order valence-electron chi connectivity index (χ2n) is 5.08. The number of thiazole rings is 1. The lowest BCUT2D eigenvalue weighted by Gasteiger charge is -2.10. The van der Waals surface area contributed by atoms with Crippen LogP contribution in [-0.4, -0.2) is 37.1 Å². The van der Waals surface area contributed by atoms with Crippen molar-refractivity contribution in [1.82, 2.24) is 15.6 Å². The van der Waals surface area contributed by atoms with Gasteiger partial charge in [-0.05, 0) is 19.3 Å². The molecule has 0 atom stereocenters. The van der Waals surface area contributed by atoms with E-state index in [2.05, 4.69) is 39.8 Å². The maximum atomic E-state index is 11.2. The van der Waals surface area contributed by atoms with Crippen LogP contribution in [0.25, 0.3) is 0 Å². The van der Waals surface area contributed by atoms with Crippen LogP contribution in [0.15, 0.2) is 10.4 Å². The van der Waals surface area contributed by atoms with Crippen molar-refractivity contribution < 1.29 is 9.53 Å². The highest BCUT2D eigenvalue weighted by Crippen LogP contribution is 2.17. The molecule has 1 rings (SSSR count). The zero-order chi connectivity index (χ0) is 16.4. The van der Waals surface area contributed by atoms with Crippen LogP contribution in [0.3, 0.4) is 0 Å². The highest BCUT2D eigenvalue weighted by Gasteiger charge is 2.06. The first-order chi connectivity index (χ1) is 10.6. The summed E-state index contributed by atoms with van der Waals surface area (Å²) in [5.41, 5.74) is 1.12. The normalized spacial score (nSPS) is 11.1. The van der Waals surface area contributed by atoms with Gasteiger partial charge in [0, 0.05) is 25.4 Å². The van der Waals surface area contributed by atoms with Crippen molar-refractivity contribution in [3.05, 3.63) is 16.1 Å². The number of carbonyl (C=O) groups excluding carboxylic acids is 1. The Bertz CT molecular complexity index is 492. The van der Waals surface area contributed by atoms with Crippen LogP contribution >= 0.6 is 35.3 Å². The van der Waals surface area contributed by atoms with Gasteiger partial charge in [0.25, 0.3) is 0 Å². The molecule has 6 nitrogen and oxygen atoms in total. The van der Waals surface area contributed by atoms with Crippen molar-refractivity contribution in [3.63, 3.8) is 0 Å². The number of hydrogen-bond donors (Lipinski definition) is 2. The molecule has 0 saturated carbocycles. The first-order valence-corrected chi connectivity index (χ1v) is 8.49. The number of hydrogen-bond acceptors (Lipinski definition) is 5. The minimum Gasteiger partial charge on any atom is -0.466 e. The zero-order valence-electron chi connectivity index (χ0n) is 14.2. The highest BCUT2D eigenvalue weighted by atomic mass is 127. The first kappa shape index (κ1) is 22.1. The third-order valence-corrected chi connectivity index (χ3v) is 3.81. The monoisotopic (exact) mass is 454 g/mol. The molecule has 2 N–H and O–H groups in total. The molecule has 1 heterocycles. The standard InChI is InChI=1S/C15H26N4O2S.HI/c1-5-21-14(20)7-6-8-17-15(16-4)18-9-13-19-12(10-22-13)11(2)3;/h10-11H,5-9H2,1-4H3,(H2,16,17,18);1H. The summed E-state index contributed by atoms with van der Waals surface area (Å²) in [5.74, 6) is 1.01. The van der Waals surface area contributed by atoms with Gasteiger partial charge in [-0.15, -0.1) is 35.3 Å². The largest absolute Gasteiger partial charge is 0.466 e. The molecule has 0 unspecified atom stereocenters. The molecule has 0 fully saturated rings. The van der Waals surface area contributed by atoms with Crippen molar-refractivity contribution in [2.75, 3.05) is 20.2 Å². The molecular weight excluding hydrogens is 427 g/mol. The molecule has 0 radical (unpaired) electrons. The number of nitrogens with zero attached hydrogens (tertiary/aromatic N) is 2. The molecule has 8 heteroatoms. The van der Waals surface area contributed by atoms with Crippen LogP contribution in [0.4, 0.5) is 0 Å². The van der Waals surface area contributed by atoms with Gasteiger partial charge in [-0.3, -0.25) is 9.79 Å². The number of ether oxygens (including phenoxy) is 1. The van der Waals surface area contributed by atoms with Gasteiger partial charge in [0.05, 0.1) is 18.8 Å². The summed E-state index contributed by atoms with van der Waals surface area (Å²) in [4.78, 5) is 19.9. The van der Waals surface area contributed by atoms with Crippen molar-refractivity contribution in [1.29, 1.82) is 0 Å². The summed E-state index contributed by atoms with van der Waals surface area (Å²) in [6, 6.07) is 0. The molecule has 0 spiro atoms. The van der Waals surface area contributed by atoms with E-state index in [0.717, 1.165) is 10.7 Å². The van der Waals surface area contributed by atoms with Gasteiger partial charge in [-0.2, -0.15) is 0 Å². The van der Waals surface area contributed by atoms with Gasteiger partial charge in [0.2, 0.25) is 0 Å². The molecule has 1 aromatic heterocycles. The maximum Gasteiger partial charge on any atom is 0.305 e. The van der Waals surface area contributed by atoms with Gasteiger partial charge in [-0.1, -0.05) is 13.8 Å². The fourth-order valence-corrected chi connectivity index (χ4v) is 2.62. The number of rotatable bonds is 8. The van der Waals surface area contributed by atoms with Crippen molar-refractivity contribution >= 4 is 47.2 Å². The predicted octanol–water partition coefficient (Wildman–Crippen LogP) is 2.89. The summed E-state index contributed by atoms with van der Waals surface area (Å²) in [5, 5.41) is 9.53. The van der Waals surface area contributed by atoms with Crippen LogP contribution in [0, 0.1) is 0 Å². The molecule has 132 valence electrons. The van der Waals surface area contributed by atoms with E-state index in [-0.39, 0.29) is 29.9 Å². The molecule has 0 aliphatic heterocycles. The van der Waals surface area contributed by atoms with E-state index in [1.807, 2.05) is 6.92 Å². The summed E-state index contributed by atoms with van der Waals surface area (Å²) in [6.45, 7) is 7.84. The lowest BCUT2D eigenvalue weighted by atomic mass is 10.2. The fraction of sp³-hybridized carbons (Fsp3) is 0.667. The number of aliphatic imine (C=N–C) groups is 1. The van der Waals surface area contributed by atoms with Crippen LogP contribution in [-0.2, 0) is 16.1 Å². The van der Waals surface area contributed by atoms with E-state index < -0.39 is 0 Å². The van der Waals surface area contributed by atoms with E-state index in [1.165, 1.54) is 0 Å². The van der Waals surface area contributed by atoms with E-state index in [4.69, 9.17) is 4.74 Å². The number of esters is 1. The van der Waals surface area contributed by atoms with Crippen molar-refractivity contribution in [2.45, 2.75) is 46.1 Å². The molecular formula is C15H27IN4O2S. The van der Waals surface area contributed by atoms with Crippen LogP contribution in [0.5, 0.6) is 0 Å². The zero-order valence-corrected chi connectivity index (χ0v) is 17.4. The van der Waals surface area contributed by atoms with Gasteiger partial charge >= 0.3 is 5.97 Å². The second-order valence-corrected chi connectivity index (χ2v) is 6.02. The number of guanidine groups is 1. The smallest absolute Gasteiger partial charge is 0.305 e. The Balaban J connectivity index is 0.00000484. The SMILES string of the molecule is CCOC(=O)CCCNC(=NC)NCc1nc(C(C)C)cs1.I. The summed E-state index contributed by atoms with van der Waals surface area (Å²) >= 11 is 1.65. The highest BCUT2D eigenvalue weighted by molar-refractivity contribution is 14.0. The van der Waals surface area contributed by atoms with Gasteiger partial charge in [-0.25, -0.2) is 4.98 Å². The summed E-state index contributed by atoms with van der Waals surface area (Å²) < 4.78 is 4.88. The van der Waals surface area contributed by atoms with Gasteiger partial charge in [0.1, 0.15) is 5.01 Å². The Labute approximate surface area is 159 Å². The topological polar surface area (TPSA) is 75.6 Å². The summed E-state index contributed by atoms with van der Waals surface area (Å²) in [6.07, 6.45) is 1.14. The minimum absolute atomic E-state index is 0. The van der Waals surface area contributed by atoms with E-state index in [9.17, 15) is 4.79 Å². The Kier molecular flexibility index (Phi) is 12.0. The quantitative estimate of drug-likeness (QED) is 0.208.